The Balaban J connectivity index is 2.79. The molecule has 0 unspecified atom stereocenters. The van der Waals surface area contributed by atoms with Crippen LogP contribution in [-0.4, -0.2) is 28.4 Å². The number of nitro groups is 1. The Hall–Kier alpha value is -0.550. The van der Waals surface area contributed by atoms with E-state index in [4.69, 9.17) is 27.9 Å². The first kappa shape index (κ1) is 8.55. The molecule has 1 heterocycles. The Morgan fingerprint density at radius 1 is 1.73 bits per heavy atom. The molecule has 0 aromatic heterocycles. The van der Waals surface area contributed by atoms with Gasteiger partial charge in [-0.25, -0.2) is 4.99 Å². The highest BCUT2D eigenvalue weighted by Crippen LogP contribution is 2.25. The zero-order chi connectivity index (χ0) is 8.48. The molecule has 0 aromatic rings. The van der Waals surface area contributed by atoms with Crippen molar-refractivity contribution in [3.05, 3.63) is 10.1 Å². The van der Waals surface area contributed by atoms with E-state index in [-0.39, 0.29) is 5.90 Å². The highest BCUT2D eigenvalue weighted by molar-refractivity contribution is 6.56. The van der Waals surface area contributed by atoms with Crippen molar-refractivity contribution < 1.29 is 9.66 Å². The van der Waals surface area contributed by atoms with E-state index in [1.165, 1.54) is 0 Å². The summed E-state index contributed by atoms with van der Waals surface area (Å²) in [4.78, 5) is 12.9. The van der Waals surface area contributed by atoms with Crippen LogP contribution in [0.2, 0.25) is 0 Å². The number of ether oxygens (including phenoxy) is 1. The molecule has 7 heteroatoms. The molecular weight excluding hydrogens is 195 g/mol. The fourth-order valence-electron chi connectivity index (χ4n) is 0.595. The minimum Gasteiger partial charge on any atom is -0.472 e. The molecule has 1 aliphatic rings. The number of hydrogen-bond acceptors (Lipinski definition) is 4. The first-order chi connectivity index (χ1) is 5.05. The van der Waals surface area contributed by atoms with Crippen molar-refractivity contribution in [3.63, 3.8) is 0 Å². The van der Waals surface area contributed by atoms with Gasteiger partial charge in [0.2, 0.25) is 0 Å². The zero-order valence-electron chi connectivity index (χ0n) is 5.29. The summed E-state index contributed by atoms with van der Waals surface area (Å²) in [6, 6.07) is 0. The minimum absolute atomic E-state index is 0.231. The van der Waals surface area contributed by atoms with E-state index in [2.05, 4.69) is 4.99 Å². The van der Waals surface area contributed by atoms with Crippen LogP contribution in [0.5, 0.6) is 0 Å². The van der Waals surface area contributed by atoms with Crippen LogP contribution in [0, 0.1) is 10.1 Å². The first-order valence-corrected chi connectivity index (χ1v) is 3.51. The van der Waals surface area contributed by atoms with Crippen LogP contribution in [0.15, 0.2) is 4.99 Å². The summed E-state index contributed by atoms with van der Waals surface area (Å²) < 4.78 is 2.50. The van der Waals surface area contributed by atoms with Crippen molar-refractivity contribution in [2.45, 2.75) is 4.46 Å². The normalized spacial score (nSPS) is 17.5. The monoisotopic (exact) mass is 198 g/mol. The fraction of sp³-hybridized carbons (Fsp3) is 0.750. The second kappa shape index (κ2) is 2.83. The molecule has 11 heavy (non-hydrogen) atoms. The lowest BCUT2D eigenvalue weighted by atomic mass is 10.6. The zero-order valence-corrected chi connectivity index (χ0v) is 6.80. The first-order valence-electron chi connectivity index (χ1n) is 2.75. The Labute approximate surface area is 72.1 Å². The molecule has 1 rings (SSSR count). The highest BCUT2D eigenvalue weighted by atomic mass is 35.5. The Morgan fingerprint density at radius 3 is 2.73 bits per heavy atom. The SMILES string of the molecule is O=[N+]([O-])C(Cl)(Cl)C1=NCCO1. The summed E-state index contributed by atoms with van der Waals surface area (Å²) in [5.41, 5.74) is 0. The number of rotatable bonds is 2. The molecule has 0 spiro atoms. The molecule has 0 N–H and O–H groups in total. The second-order valence-corrected chi connectivity index (χ2v) is 3.12. The number of alkyl halides is 2. The molecule has 0 bridgehead atoms. The molecule has 5 nitrogen and oxygen atoms in total. The average molecular weight is 199 g/mol. The molecule has 1 aliphatic heterocycles. The third-order valence-electron chi connectivity index (χ3n) is 1.07. The van der Waals surface area contributed by atoms with Gasteiger partial charge >= 0.3 is 4.46 Å². The quantitative estimate of drug-likeness (QED) is 0.286. The number of nitrogens with zero attached hydrogens (tertiary/aromatic N) is 2. The van der Waals surface area contributed by atoms with Crippen molar-refractivity contribution in [1.29, 1.82) is 0 Å². The van der Waals surface area contributed by atoms with E-state index in [0.717, 1.165) is 0 Å². The van der Waals surface area contributed by atoms with Gasteiger partial charge in [0.1, 0.15) is 6.61 Å². The molecular formula is C4H4Cl2N2O3. The van der Waals surface area contributed by atoms with Crippen LogP contribution >= 0.6 is 23.2 Å². The number of halogens is 2. The molecule has 0 amide bonds. The third kappa shape index (κ3) is 1.54. The van der Waals surface area contributed by atoms with Crippen LogP contribution in [0.1, 0.15) is 0 Å². The summed E-state index contributed by atoms with van der Waals surface area (Å²) in [6.07, 6.45) is 0. The lowest BCUT2D eigenvalue weighted by Gasteiger charge is -2.08. The van der Waals surface area contributed by atoms with Crippen LogP contribution in [0.4, 0.5) is 0 Å². The van der Waals surface area contributed by atoms with E-state index in [0.29, 0.717) is 13.2 Å². The number of aliphatic imine (C=N–C) groups is 1. The van der Waals surface area contributed by atoms with E-state index in [1.807, 2.05) is 0 Å². The van der Waals surface area contributed by atoms with Crippen molar-refractivity contribution in [2.75, 3.05) is 13.2 Å². The van der Waals surface area contributed by atoms with Gasteiger partial charge in [0.05, 0.1) is 11.5 Å². The highest BCUT2D eigenvalue weighted by Gasteiger charge is 2.48. The van der Waals surface area contributed by atoms with Crippen LogP contribution in [-0.2, 0) is 4.74 Å². The van der Waals surface area contributed by atoms with Crippen molar-refractivity contribution in [2.24, 2.45) is 4.99 Å². The van der Waals surface area contributed by atoms with Gasteiger partial charge in [-0.2, -0.15) is 0 Å². The third-order valence-corrected chi connectivity index (χ3v) is 1.67. The van der Waals surface area contributed by atoms with Crippen molar-refractivity contribution in [3.8, 4) is 0 Å². The Kier molecular flexibility index (Phi) is 2.20. The summed E-state index contributed by atoms with van der Waals surface area (Å²) in [5.74, 6) is -0.231. The standard InChI is InChI=1S/C4H4Cl2N2O3/c5-4(6,8(9)10)3-7-1-2-11-3/h1-2H2. The second-order valence-electron chi connectivity index (χ2n) is 1.83. The number of hydrogen-bond donors (Lipinski definition) is 0. The van der Waals surface area contributed by atoms with Gasteiger partial charge in [0, 0.05) is 0 Å². The Morgan fingerprint density at radius 2 is 2.36 bits per heavy atom. The van der Waals surface area contributed by atoms with E-state index in [9.17, 15) is 10.1 Å². The van der Waals surface area contributed by atoms with Crippen LogP contribution in [0.3, 0.4) is 0 Å². The smallest absolute Gasteiger partial charge is 0.445 e. The van der Waals surface area contributed by atoms with E-state index in [1.54, 1.807) is 0 Å². The van der Waals surface area contributed by atoms with Gasteiger partial charge < -0.3 is 4.74 Å². The van der Waals surface area contributed by atoms with Gasteiger partial charge in [-0.15, -0.1) is 0 Å². The summed E-state index contributed by atoms with van der Waals surface area (Å²) in [6.45, 7) is 0.661. The van der Waals surface area contributed by atoms with E-state index >= 15 is 0 Å². The maximum Gasteiger partial charge on any atom is 0.445 e. The average Bonchev–Trinajstić information content (AvgIpc) is 2.37. The molecule has 0 saturated heterocycles. The van der Waals surface area contributed by atoms with Crippen LogP contribution < -0.4 is 0 Å². The lowest BCUT2D eigenvalue weighted by Crippen LogP contribution is -2.35. The van der Waals surface area contributed by atoms with Crippen LogP contribution in [0.25, 0.3) is 0 Å². The maximum atomic E-state index is 10.2. The van der Waals surface area contributed by atoms with E-state index < -0.39 is 9.38 Å². The fourth-order valence-corrected chi connectivity index (χ4v) is 0.824. The Bertz CT molecular complexity index is 215. The molecule has 0 fully saturated rings. The lowest BCUT2D eigenvalue weighted by molar-refractivity contribution is -0.498. The maximum absolute atomic E-state index is 10.2. The predicted octanol–water partition coefficient (Wildman–Crippen LogP) is 0.823. The molecule has 0 saturated carbocycles. The van der Waals surface area contributed by atoms with Crippen molar-refractivity contribution in [1.82, 2.24) is 0 Å². The predicted molar refractivity (Wildman–Crippen MR) is 39.7 cm³/mol. The molecule has 62 valence electrons. The topological polar surface area (TPSA) is 64.7 Å². The molecule has 0 aromatic carbocycles. The summed E-state index contributed by atoms with van der Waals surface area (Å²) in [7, 11) is 0. The molecule has 0 radical (unpaired) electrons. The van der Waals surface area contributed by atoms with Gasteiger partial charge in [0.15, 0.2) is 0 Å². The molecule has 0 aliphatic carbocycles. The van der Waals surface area contributed by atoms with Gasteiger partial charge in [-0.05, 0) is 23.2 Å². The summed E-state index contributed by atoms with van der Waals surface area (Å²) >= 11 is 10.6. The van der Waals surface area contributed by atoms with Gasteiger partial charge in [0.25, 0.3) is 5.90 Å². The van der Waals surface area contributed by atoms with Crippen molar-refractivity contribution >= 4 is 29.1 Å². The minimum atomic E-state index is -2.23. The molecule has 0 atom stereocenters. The van der Waals surface area contributed by atoms with Gasteiger partial charge in [-0.1, -0.05) is 0 Å². The summed E-state index contributed by atoms with van der Waals surface area (Å²) in [5, 5.41) is 10.2. The van der Waals surface area contributed by atoms with Gasteiger partial charge in [-0.3, -0.25) is 10.1 Å². The largest absolute Gasteiger partial charge is 0.472 e.